The summed E-state index contributed by atoms with van der Waals surface area (Å²) in [7, 11) is -3.14. The maximum Gasteiger partial charge on any atom is 0.223 e. The van der Waals surface area contributed by atoms with E-state index in [0.717, 1.165) is 25.7 Å². The van der Waals surface area contributed by atoms with Crippen molar-refractivity contribution in [2.75, 3.05) is 18.8 Å². The van der Waals surface area contributed by atoms with Crippen molar-refractivity contribution in [3.8, 4) is 0 Å². The predicted molar refractivity (Wildman–Crippen MR) is 80.2 cm³/mol. The summed E-state index contributed by atoms with van der Waals surface area (Å²) in [5.41, 5.74) is 0. The molecular weight excluding hydrogens is 292 g/mol. The van der Waals surface area contributed by atoms with Crippen LogP contribution in [0.5, 0.6) is 0 Å². The lowest BCUT2D eigenvalue weighted by Gasteiger charge is -2.33. The van der Waals surface area contributed by atoms with Crippen LogP contribution in [0.4, 0.5) is 0 Å². The second kappa shape index (κ2) is 7.07. The summed E-state index contributed by atoms with van der Waals surface area (Å²) < 4.78 is 25.0. The zero-order valence-electron chi connectivity index (χ0n) is 12.6. The fourth-order valence-corrected chi connectivity index (χ4v) is 4.29. The molecule has 0 radical (unpaired) electrons. The smallest absolute Gasteiger partial charge is 0.223 e. The van der Waals surface area contributed by atoms with Crippen LogP contribution >= 0.6 is 0 Å². The molecule has 0 aromatic rings. The Hall–Kier alpha value is -0.660. The number of aliphatic hydroxyl groups is 1. The van der Waals surface area contributed by atoms with E-state index < -0.39 is 16.1 Å². The fourth-order valence-electron chi connectivity index (χ4n) is 3.16. The van der Waals surface area contributed by atoms with Gasteiger partial charge in [0.15, 0.2) is 0 Å². The molecule has 2 N–H and O–H groups in total. The minimum Gasteiger partial charge on any atom is -0.391 e. The number of carbonyl (C=O) groups is 1. The lowest BCUT2D eigenvalue weighted by molar-refractivity contribution is -0.128. The highest BCUT2D eigenvalue weighted by Crippen LogP contribution is 2.22. The molecule has 21 heavy (non-hydrogen) atoms. The van der Waals surface area contributed by atoms with Gasteiger partial charge in [-0.05, 0) is 32.6 Å². The van der Waals surface area contributed by atoms with E-state index in [1.807, 2.05) is 0 Å². The SMILES string of the molecule is CCS(=O)(=O)N1CCC(C(=O)NC2CCCCC2O)CC1. The molecule has 0 aromatic heterocycles. The lowest BCUT2D eigenvalue weighted by atomic mass is 9.91. The summed E-state index contributed by atoms with van der Waals surface area (Å²) in [4.78, 5) is 12.2. The van der Waals surface area contributed by atoms with Crippen LogP contribution in [0, 0.1) is 5.92 Å². The highest BCUT2D eigenvalue weighted by molar-refractivity contribution is 7.89. The van der Waals surface area contributed by atoms with Crippen molar-refractivity contribution in [3.63, 3.8) is 0 Å². The Morgan fingerprint density at radius 3 is 2.38 bits per heavy atom. The average Bonchev–Trinajstić information content (AvgIpc) is 2.49. The standard InChI is InChI=1S/C14H26N2O4S/c1-2-21(19,20)16-9-7-11(8-10-16)14(18)15-12-5-3-4-6-13(12)17/h11-13,17H,2-10H2,1H3,(H,15,18). The first kappa shape index (κ1) is 16.7. The van der Waals surface area contributed by atoms with Crippen LogP contribution in [-0.2, 0) is 14.8 Å². The average molecular weight is 318 g/mol. The number of nitrogens with zero attached hydrogens (tertiary/aromatic N) is 1. The molecule has 1 amide bonds. The van der Waals surface area contributed by atoms with E-state index in [0.29, 0.717) is 25.9 Å². The van der Waals surface area contributed by atoms with Crippen molar-refractivity contribution >= 4 is 15.9 Å². The third kappa shape index (κ3) is 4.17. The number of piperidine rings is 1. The number of hydrogen-bond acceptors (Lipinski definition) is 4. The van der Waals surface area contributed by atoms with Gasteiger partial charge in [-0.1, -0.05) is 12.8 Å². The van der Waals surface area contributed by atoms with Crippen molar-refractivity contribution in [2.45, 2.75) is 57.6 Å². The Morgan fingerprint density at radius 1 is 1.19 bits per heavy atom. The molecule has 2 fully saturated rings. The molecule has 0 aromatic carbocycles. The Balaban J connectivity index is 1.83. The summed E-state index contributed by atoms with van der Waals surface area (Å²) in [5.74, 6) is -0.0603. The molecule has 1 heterocycles. The molecule has 7 heteroatoms. The van der Waals surface area contributed by atoms with Crippen LogP contribution in [0.15, 0.2) is 0 Å². The molecular formula is C14H26N2O4S. The molecule has 2 aliphatic rings. The normalized spacial score (nSPS) is 29.2. The molecule has 2 atom stereocenters. The zero-order valence-corrected chi connectivity index (χ0v) is 13.4. The van der Waals surface area contributed by atoms with E-state index in [1.54, 1.807) is 6.92 Å². The molecule has 1 aliphatic carbocycles. The molecule has 2 unspecified atom stereocenters. The molecule has 122 valence electrons. The van der Waals surface area contributed by atoms with Gasteiger partial charge in [-0.3, -0.25) is 4.79 Å². The Kier molecular flexibility index (Phi) is 5.62. The second-order valence-electron chi connectivity index (χ2n) is 6.04. The minimum atomic E-state index is -3.14. The van der Waals surface area contributed by atoms with Gasteiger partial charge in [-0.15, -0.1) is 0 Å². The van der Waals surface area contributed by atoms with Crippen LogP contribution in [-0.4, -0.2) is 54.7 Å². The van der Waals surface area contributed by atoms with Gasteiger partial charge in [0.2, 0.25) is 15.9 Å². The highest BCUT2D eigenvalue weighted by atomic mass is 32.2. The minimum absolute atomic E-state index is 0.0329. The van der Waals surface area contributed by atoms with Gasteiger partial charge >= 0.3 is 0 Å². The zero-order chi connectivity index (χ0) is 15.5. The van der Waals surface area contributed by atoms with Crippen LogP contribution < -0.4 is 5.32 Å². The lowest BCUT2D eigenvalue weighted by Crippen LogP contribution is -2.49. The Bertz CT molecular complexity index is 458. The van der Waals surface area contributed by atoms with E-state index in [-0.39, 0.29) is 23.6 Å². The van der Waals surface area contributed by atoms with Crippen LogP contribution in [0.1, 0.15) is 45.4 Å². The van der Waals surface area contributed by atoms with Crippen molar-refractivity contribution in [1.82, 2.24) is 9.62 Å². The quantitative estimate of drug-likeness (QED) is 0.789. The van der Waals surface area contributed by atoms with Crippen molar-refractivity contribution in [1.29, 1.82) is 0 Å². The van der Waals surface area contributed by atoms with E-state index in [2.05, 4.69) is 5.32 Å². The number of aliphatic hydroxyl groups excluding tert-OH is 1. The Labute approximate surface area is 126 Å². The first-order valence-corrected chi connectivity index (χ1v) is 9.51. The van der Waals surface area contributed by atoms with Crippen molar-refractivity contribution < 1.29 is 18.3 Å². The molecule has 0 spiro atoms. The largest absolute Gasteiger partial charge is 0.391 e. The summed E-state index contributed by atoms with van der Waals surface area (Å²) in [6, 6.07) is -0.136. The first-order chi connectivity index (χ1) is 9.94. The number of amides is 1. The van der Waals surface area contributed by atoms with Gasteiger partial charge < -0.3 is 10.4 Å². The van der Waals surface area contributed by atoms with E-state index in [1.165, 1.54) is 4.31 Å². The van der Waals surface area contributed by atoms with Gasteiger partial charge in [0, 0.05) is 19.0 Å². The second-order valence-corrected chi connectivity index (χ2v) is 8.30. The Morgan fingerprint density at radius 2 is 1.81 bits per heavy atom. The number of sulfonamides is 1. The van der Waals surface area contributed by atoms with Crippen molar-refractivity contribution in [3.05, 3.63) is 0 Å². The van der Waals surface area contributed by atoms with Gasteiger partial charge in [0.25, 0.3) is 0 Å². The van der Waals surface area contributed by atoms with E-state index >= 15 is 0 Å². The van der Waals surface area contributed by atoms with Gasteiger partial charge in [0.1, 0.15) is 0 Å². The van der Waals surface area contributed by atoms with Gasteiger partial charge in [0.05, 0.1) is 17.9 Å². The maximum absolute atomic E-state index is 12.2. The van der Waals surface area contributed by atoms with Crippen LogP contribution in [0.25, 0.3) is 0 Å². The molecule has 1 aliphatic heterocycles. The van der Waals surface area contributed by atoms with Crippen molar-refractivity contribution in [2.24, 2.45) is 5.92 Å². The highest BCUT2D eigenvalue weighted by Gasteiger charge is 2.32. The third-order valence-corrected chi connectivity index (χ3v) is 6.52. The number of carbonyl (C=O) groups excluding carboxylic acids is 1. The fraction of sp³-hybridized carbons (Fsp3) is 0.929. The first-order valence-electron chi connectivity index (χ1n) is 7.90. The summed E-state index contributed by atoms with van der Waals surface area (Å²) in [6.45, 7) is 2.47. The van der Waals surface area contributed by atoms with Crippen LogP contribution in [0.3, 0.4) is 0 Å². The predicted octanol–water partition coefficient (Wildman–Crippen LogP) is 0.468. The molecule has 0 bridgehead atoms. The summed E-state index contributed by atoms with van der Waals surface area (Å²) in [6.07, 6.45) is 4.31. The van der Waals surface area contributed by atoms with Gasteiger partial charge in [-0.2, -0.15) is 0 Å². The summed E-state index contributed by atoms with van der Waals surface area (Å²) in [5, 5.41) is 12.8. The van der Waals surface area contributed by atoms with Crippen LogP contribution in [0.2, 0.25) is 0 Å². The number of hydrogen-bond donors (Lipinski definition) is 2. The molecule has 6 nitrogen and oxygen atoms in total. The third-order valence-electron chi connectivity index (χ3n) is 4.64. The number of rotatable bonds is 4. The molecule has 1 saturated carbocycles. The summed E-state index contributed by atoms with van der Waals surface area (Å²) >= 11 is 0. The maximum atomic E-state index is 12.2. The topological polar surface area (TPSA) is 86.7 Å². The monoisotopic (exact) mass is 318 g/mol. The molecule has 2 rings (SSSR count). The molecule has 1 saturated heterocycles. The van der Waals surface area contributed by atoms with E-state index in [9.17, 15) is 18.3 Å². The van der Waals surface area contributed by atoms with E-state index in [4.69, 9.17) is 0 Å². The van der Waals surface area contributed by atoms with Gasteiger partial charge in [-0.25, -0.2) is 12.7 Å². The number of nitrogens with one attached hydrogen (secondary N) is 1.